The van der Waals surface area contributed by atoms with Crippen LogP contribution in [0.3, 0.4) is 0 Å². The van der Waals surface area contributed by atoms with E-state index in [-0.39, 0.29) is 0 Å². The summed E-state index contributed by atoms with van der Waals surface area (Å²) < 4.78 is 0. The van der Waals surface area contributed by atoms with Crippen LogP contribution < -0.4 is 11.1 Å². The average molecular weight is 250 g/mol. The molecular formula is C13H16ClN3. The molecule has 0 atom stereocenters. The number of hydrogen-bond donors (Lipinski definition) is 2. The first-order valence-electron chi connectivity index (χ1n) is 5.87. The van der Waals surface area contributed by atoms with Crippen molar-refractivity contribution in [2.75, 3.05) is 18.8 Å². The molecule has 0 aliphatic heterocycles. The molecule has 90 valence electrons. The van der Waals surface area contributed by atoms with Gasteiger partial charge in [-0.15, -0.1) is 0 Å². The highest BCUT2D eigenvalue weighted by atomic mass is 35.5. The lowest BCUT2D eigenvalue weighted by molar-refractivity contribution is 0.306. The molecule has 0 radical (unpaired) electrons. The molecule has 1 aliphatic rings. The first-order chi connectivity index (χ1) is 8.25. The predicted octanol–water partition coefficient (Wildman–Crippen LogP) is 2.06. The van der Waals surface area contributed by atoms with E-state index in [1.165, 1.54) is 19.3 Å². The third-order valence-corrected chi connectivity index (χ3v) is 3.20. The normalized spacial score (nSPS) is 14.9. The van der Waals surface area contributed by atoms with E-state index < -0.39 is 0 Å². The molecule has 0 aromatic carbocycles. The topological polar surface area (TPSA) is 50.9 Å². The summed E-state index contributed by atoms with van der Waals surface area (Å²) >= 11 is 5.71. The van der Waals surface area contributed by atoms with Crippen molar-refractivity contribution in [2.45, 2.75) is 19.3 Å². The Balaban J connectivity index is 1.79. The van der Waals surface area contributed by atoms with Gasteiger partial charge in [0.1, 0.15) is 11.0 Å². The van der Waals surface area contributed by atoms with Gasteiger partial charge in [0.2, 0.25) is 0 Å². The predicted molar refractivity (Wildman–Crippen MR) is 70.7 cm³/mol. The monoisotopic (exact) mass is 249 g/mol. The summed E-state index contributed by atoms with van der Waals surface area (Å²) in [5.74, 6) is 7.29. The second-order valence-corrected chi connectivity index (χ2v) is 4.68. The minimum atomic E-state index is 0.393. The second kappa shape index (κ2) is 5.90. The maximum absolute atomic E-state index is 5.71. The Morgan fingerprint density at radius 1 is 1.47 bits per heavy atom. The van der Waals surface area contributed by atoms with Crippen molar-refractivity contribution in [2.24, 2.45) is 5.92 Å². The van der Waals surface area contributed by atoms with Crippen molar-refractivity contribution >= 4 is 17.4 Å². The Kier molecular flexibility index (Phi) is 4.24. The fraction of sp³-hybridized carbons (Fsp3) is 0.462. The molecule has 1 fully saturated rings. The van der Waals surface area contributed by atoms with Gasteiger partial charge in [0.25, 0.3) is 0 Å². The number of nitrogens with zero attached hydrogens (tertiary/aromatic N) is 1. The Labute approximate surface area is 107 Å². The smallest absolute Gasteiger partial charge is 0.140 e. The van der Waals surface area contributed by atoms with Gasteiger partial charge in [-0.1, -0.05) is 29.9 Å². The summed E-state index contributed by atoms with van der Waals surface area (Å²) in [5, 5.41) is 3.73. The van der Waals surface area contributed by atoms with Crippen molar-refractivity contribution in [1.29, 1.82) is 0 Å². The van der Waals surface area contributed by atoms with Crippen LogP contribution in [0.15, 0.2) is 12.1 Å². The van der Waals surface area contributed by atoms with E-state index in [9.17, 15) is 0 Å². The molecule has 0 saturated heterocycles. The van der Waals surface area contributed by atoms with Crippen LogP contribution in [0.2, 0.25) is 5.15 Å². The quantitative estimate of drug-likeness (QED) is 0.490. The Morgan fingerprint density at radius 3 is 2.94 bits per heavy atom. The summed E-state index contributed by atoms with van der Waals surface area (Å²) in [6.45, 7) is 1.77. The molecule has 4 heteroatoms. The minimum Gasteiger partial charge on any atom is -0.383 e. The Morgan fingerprint density at radius 2 is 2.29 bits per heavy atom. The zero-order valence-corrected chi connectivity index (χ0v) is 10.4. The van der Waals surface area contributed by atoms with Crippen LogP contribution in [0.5, 0.6) is 0 Å². The van der Waals surface area contributed by atoms with Gasteiger partial charge in [0.05, 0.1) is 12.1 Å². The van der Waals surface area contributed by atoms with Crippen molar-refractivity contribution < 1.29 is 0 Å². The largest absolute Gasteiger partial charge is 0.383 e. The molecule has 0 unspecified atom stereocenters. The number of pyridine rings is 1. The molecular weight excluding hydrogens is 234 g/mol. The maximum atomic E-state index is 5.71. The van der Waals surface area contributed by atoms with Gasteiger partial charge in [-0.05, 0) is 37.4 Å². The molecule has 1 aromatic rings. The molecule has 17 heavy (non-hydrogen) atoms. The van der Waals surface area contributed by atoms with Gasteiger partial charge in [-0.3, -0.25) is 0 Å². The van der Waals surface area contributed by atoms with E-state index in [4.69, 9.17) is 17.3 Å². The van der Waals surface area contributed by atoms with Crippen molar-refractivity contribution in [3.05, 3.63) is 22.8 Å². The van der Waals surface area contributed by atoms with E-state index >= 15 is 0 Å². The van der Waals surface area contributed by atoms with E-state index in [0.717, 1.165) is 18.0 Å². The molecule has 0 bridgehead atoms. The SMILES string of the molecule is Nc1nc(Cl)ccc1C#CCNCC1CCC1. The lowest BCUT2D eigenvalue weighted by atomic mass is 9.85. The lowest BCUT2D eigenvalue weighted by Gasteiger charge is -2.24. The van der Waals surface area contributed by atoms with E-state index in [1.54, 1.807) is 12.1 Å². The summed E-state index contributed by atoms with van der Waals surface area (Å²) in [7, 11) is 0. The van der Waals surface area contributed by atoms with Crippen molar-refractivity contribution in [1.82, 2.24) is 10.3 Å². The molecule has 2 rings (SSSR count). The number of rotatable bonds is 3. The van der Waals surface area contributed by atoms with Gasteiger partial charge >= 0.3 is 0 Å². The molecule has 1 aromatic heterocycles. The number of anilines is 1. The van der Waals surface area contributed by atoms with Crippen LogP contribution in [0.1, 0.15) is 24.8 Å². The minimum absolute atomic E-state index is 0.393. The molecule has 1 heterocycles. The van der Waals surface area contributed by atoms with Crippen LogP contribution in [-0.4, -0.2) is 18.1 Å². The van der Waals surface area contributed by atoms with Crippen LogP contribution in [-0.2, 0) is 0 Å². The molecule has 1 aliphatic carbocycles. The Hall–Kier alpha value is -1.24. The zero-order valence-electron chi connectivity index (χ0n) is 9.67. The highest BCUT2D eigenvalue weighted by molar-refractivity contribution is 6.29. The van der Waals surface area contributed by atoms with Crippen LogP contribution in [0, 0.1) is 17.8 Å². The number of nitrogen functional groups attached to an aromatic ring is 1. The highest BCUT2D eigenvalue weighted by Gasteiger charge is 2.15. The second-order valence-electron chi connectivity index (χ2n) is 4.30. The number of hydrogen-bond acceptors (Lipinski definition) is 3. The highest BCUT2D eigenvalue weighted by Crippen LogP contribution is 2.24. The Bertz CT molecular complexity index is 444. The van der Waals surface area contributed by atoms with E-state index in [0.29, 0.717) is 17.5 Å². The zero-order chi connectivity index (χ0) is 12.1. The average Bonchev–Trinajstić information content (AvgIpc) is 2.23. The van der Waals surface area contributed by atoms with E-state index in [1.807, 2.05) is 0 Å². The van der Waals surface area contributed by atoms with Gasteiger partial charge < -0.3 is 11.1 Å². The standard InChI is InChI=1S/C13H16ClN3/c14-12-7-6-11(13(15)17-12)5-2-8-16-9-10-3-1-4-10/h6-7,10,16H,1,3-4,8-9H2,(H2,15,17). The number of halogens is 1. The van der Waals surface area contributed by atoms with Gasteiger partial charge in [0.15, 0.2) is 0 Å². The molecule has 1 saturated carbocycles. The van der Waals surface area contributed by atoms with Gasteiger partial charge in [-0.25, -0.2) is 4.98 Å². The van der Waals surface area contributed by atoms with Gasteiger partial charge in [0, 0.05) is 0 Å². The third kappa shape index (κ3) is 3.62. The summed E-state index contributed by atoms with van der Waals surface area (Å²) in [6, 6.07) is 3.49. The number of aromatic nitrogens is 1. The fourth-order valence-electron chi connectivity index (χ4n) is 1.73. The van der Waals surface area contributed by atoms with Crippen LogP contribution in [0.25, 0.3) is 0 Å². The van der Waals surface area contributed by atoms with E-state index in [2.05, 4.69) is 22.1 Å². The fourth-order valence-corrected chi connectivity index (χ4v) is 1.88. The third-order valence-electron chi connectivity index (χ3n) is 2.98. The lowest BCUT2D eigenvalue weighted by Crippen LogP contribution is -2.27. The molecule has 3 N–H and O–H groups in total. The maximum Gasteiger partial charge on any atom is 0.140 e. The first kappa shape index (κ1) is 12.2. The van der Waals surface area contributed by atoms with Crippen LogP contribution in [0.4, 0.5) is 5.82 Å². The van der Waals surface area contributed by atoms with Crippen molar-refractivity contribution in [3.8, 4) is 11.8 Å². The molecule has 3 nitrogen and oxygen atoms in total. The molecule has 0 spiro atoms. The summed E-state index contributed by atoms with van der Waals surface area (Å²) in [4.78, 5) is 3.94. The van der Waals surface area contributed by atoms with Crippen LogP contribution >= 0.6 is 11.6 Å². The number of nitrogens with two attached hydrogens (primary N) is 1. The first-order valence-corrected chi connectivity index (χ1v) is 6.25. The van der Waals surface area contributed by atoms with Gasteiger partial charge in [-0.2, -0.15) is 0 Å². The number of nitrogens with one attached hydrogen (secondary N) is 1. The molecule has 0 amide bonds. The van der Waals surface area contributed by atoms with Crippen molar-refractivity contribution in [3.63, 3.8) is 0 Å². The summed E-state index contributed by atoms with van der Waals surface area (Å²) in [6.07, 6.45) is 4.09. The summed E-state index contributed by atoms with van der Waals surface area (Å²) in [5.41, 5.74) is 6.43.